The van der Waals surface area contributed by atoms with Crippen LogP contribution in [0.15, 0.2) is 30.4 Å². The maximum absolute atomic E-state index is 12.5. The van der Waals surface area contributed by atoms with E-state index in [9.17, 15) is 14.7 Å². The molecule has 4 heteroatoms. The van der Waals surface area contributed by atoms with E-state index in [1.165, 1.54) is 0 Å². The summed E-state index contributed by atoms with van der Waals surface area (Å²) in [4.78, 5) is 23.8. The SMILES string of the molecule is CCc1cccc(C)c1NC(=O)[C@@H]1CC=CC[C@@H]1C(=O)O. The summed E-state index contributed by atoms with van der Waals surface area (Å²) in [5.74, 6) is -2.24. The molecule has 112 valence electrons. The number of allylic oxidation sites excluding steroid dienone is 2. The largest absolute Gasteiger partial charge is 0.481 e. The maximum Gasteiger partial charge on any atom is 0.307 e. The Bertz CT molecular complexity index is 577. The predicted molar refractivity (Wildman–Crippen MR) is 82.2 cm³/mol. The molecule has 2 atom stereocenters. The molecule has 1 aromatic rings. The van der Waals surface area contributed by atoms with Gasteiger partial charge in [-0.3, -0.25) is 9.59 Å². The number of aryl methyl sites for hydroxylation is 2. The molecule has 0 radical (unpaired) electrons. The lowest BCUT2D eigenvalue weighted by atomic mass is 9.82. The highest BCUT2D eigenvalue weighted by atomic mass is 16.4. The van der Waals surface area contributed by atoms with Crippen LogP contribution in [0.3, 0.4) is 0 Å². The number of nitrogens with one attached hydrogen (secondary N) is 1. The molecule has 0 saturated heterocycles. The molecule has 0 fully saturated rings. The summed E-state index contributed by atoms with van der Waals surface area (Å²) in [6, 6.07) is 5.90. The Labute approximate surface area is 124 Å². The Balaban J connectivity index is 2.21. The van der Waals surface area contributed by atoms with Crippen molar-refractivity contribution in [2.45, 2.75) is 33.1 Å². The third-order valence-electron chi connectivity index (χ3n) is 4.07. The summed E-state index contributed by atoms with van der Waals surface area (Å²) in [5, 5.41) is 12.2. The monoisotopic (exact) mass is 287 g/mol. The fourth-order valence-corrected chi connectivity index (χ4v) is 2.79. The van der Waals surface area contributed by atoms with Crippen molar-refractivity contribution in [3.05, 3.63) is 41.5 Å². The first kappa shape index (κ1) is 15.3. The smallest absolute Gasteiger partial charge is 0.307 e. The molecule has 0 aliphatic heterocycles. The standard InChI is InChI=1S/C17H21NO3/c1-3-12-8-6-7-11(2)15(12)18-16(19)13-9-4-5-10-14(13)17(20)21/h4-8,13-14H,3,9-10H2,1-2H3,(H,18,19)(H,20,21)/t13-,14+/m1/s1. The Morgan fingerprint density at radius 2 is 1.90 bits per heavy atom. The summed E-state index contributed by atoms with van der Waals surface area (Å²) < 4.78 is 0. The summed E-state index contributed by atoms with van der Waals surface area (Å²) in [7, 11) is 0. The van der Waals surface area contributed by atoms with Crippen molar-refractivity contribution >= 4 is 17.6 Å². The van der Waals surface area contributed by atoms with Crippen LogP contribution in [-0.4, -0.2) is 17.0 Å². The molecule has 2 rings (SSSR count). The van der Waals surface area contributed by atoms with E-state index in [1.54, 1.807) is 0 Å². The molecule has 0 heterocycles. The highest BCUT2D eigenvalue weighted by Crippen LogP contribution is 2.29. The number of carboxylic acids is 1. The van der Waals surface area contributed by atoms with E-state index >= 15 is 0 Å². The van der Waals surface area contributed by atoms with Crippen LogP contribution >= 0.6 is 0 Å². The van der Waals surface area contributed by atoms with Gasteiger partial charge in [-0.2, -0.15) is 0 Å². The molecule has 0 spiro atoms. The van der Waals surface area contributed by atoms with Crippen molar-refractivity contribution in [1.82, 2.24) is 0 Å². The Morgan fingerprint density at radius 1 is 1.24 bits per heavy atom. The van der Waals surface area contributed by atoms with E-state index in [0.29, 0.717) is 12.8 Å². The van der Waals surface area contributed by atoms with Crippen molar-refractivity contribution < 1.29 is 14.7 Å². The zero-order valence-electron chi connectivity index (χ0n) is 12.4. The first-order valence-corrected chi connectivity index (χ1v) is 7.31. The van der Waals surface area contributed by atoms with Gasteiger partial charge in [0.05, 0.1) is 11.8 Å². The van der Waals surface area contributed by atoms with Gasteiger partial charge in [0.2, 0.25) is 5.91 Å². The quantitative estimate of drug-likeness (QED) is 0.836. The van der Waals surface area contributed by atoms with Crippen LogP contribution in [0.2, 0.25) is 0 Å². The van der Waals surface area contributed by atoms with Crippen LogP contribution in [0.5, 0.6) is 0 Å². The molecule has 2 N–H and O–H groups in total. The van der Waals surface area contributed by atoms with Crippen LogP contribution in [-0.2, 0) is 16.0 Å². The third kappa shape index (κ3) is 3.32. The van der Waals surface area contributed by atoms with E-state index in [2.05, 4.69) is 5.32 Å². The zero-order chi connectivity index (χ0) is 15.4. The van der Waals surface area contributed by atoms with Gasteiger partial charge >= 0.3 is 5.97 Å². The van der Waals surface area contributed by atoms with Gasteiger partial charge in [0.25, 0.3) is 0 Å². The van der Waals surface area contributed by atoms with Crippen LogP contribution in [0.25, 0.3) is 0 Å². The van der Waals surface area contributed by atoms with Crippen LogP contribution in [0.4, 0.5) is 5.69 Å². The second kappa shape index (κ2) is 6.57. The number of carbonyl (C=O) groups excluding carboxylic acids is 1. The second-order valence-corrected chi connectivity index (χ2v) is 5.45. The minimum absolute atomic E-state index is 0.198. The van der Waals surface area contributed by atoms with E-state index in [4.69, 9.17) is 0 Å². The van der Waals surface area contributed by atoms with Crippen molar-refractivity contribution in [3.63, 3.8) is 0 Å². The molecular formula is C17H21NO3. The fourth-order valence-electron chi connectivity index (χ4n) is 2.79. The topological polar surface area (TPSA) is 66.4 Å². The van der Waals surface area contributed by atoms with Gasteiger partial charge in [-0.05, 0) is 37.3 Å². The number of hydrogen-bond acceptors (Lipinski definition) is 2. The van der Waals surface area contributed by atoms with Gasteiger partial charge < -0.3 is 10.4 Å². The number of anilines is 1. The van der Waals surface area contributed by atoms with Gasteiger partial charge in [-0.15, -0.1) is 0 Å². The molecule has 0 saturated carbocycles. The molecule has 21 heavy (non-hydrogen) atoms. The number of hydrogen-bond donors (Lipinski definition) is 2. The van der Waals surface area contributed by atoms with Crippen LogP contribution < -0.4 is 5.32 Å². The zero-order valence-corrected chi connectivity index (χ0v) is 12.4. The van der Waals surface area contributed by atoms with Crippen molar-refractivity contribution in [2.75, 3.05) is 5.32 Å². The van der Waals surface area contributed by atoms with Crippen LogP contribution in [0, 0.1) is 18.8 Å². The second-order valence-electron chi connectivity index (χ2n) is 5.45. The number of amides is 1. The van der Waals surface area contributed by atoms with Crippen LogP contribution in [0.1, 0.15) is 30.9 Å². The van der Waals surface area contributed by atoms with Gasteiger partial charge in [-0.25, -0.2) is 0 Å². The summed E-state index contributed by atoms with van der Waals surface area (Å²) in [5.41, 5.74) is 2.89. The number of benzene rings is 1. The lowest BCUT2D eigenvalue weighted by Crippen LogP contribution is -2.35. The molecule has 0 unspecified atom stereocenters. The lowest BCUT2D eigenvalue weighted by molar-refractivity contribution is -0.146. The van der Waals surface area contributed by atoms with Gasteiger partial charge in [0.1, 0.15) is 0 Å². The highest BCUT2D eigenvalue weighted by molar-refractivity contribution is 5.96. The van der Waals surface area contributed by atoms with Crippen molar-refractivity contribution in [1.29, 1.82) is 0 Å². The minimum atomic E-state index is -0.903. The average Bonchev–Trinajstić information content (AvgIpc) is 2.49. The number of para-hydroxylation sites is 1. The number of carboxylic acid groups (broad SMARTS) is 1. The van der Waals surface area contributed by atoms with Gasteiger partial charge in [0.15, 0.2) is 0 Å². The minimum Gasteiger partial charge on any atom is -0.481 e. The Hall–Kier alpha value is -2.10. The van der Waals surface area contributed by atoms with E-state index in [-0.39, 0.29) is 5.91 Å². The predicted octanol–water partition coefficient (Wildman–Crippen LogP) is 3.16. The first-order chi connectivity index (χ1) is 10.0. The van der Waals surface area contributed by atoms with Crippen molar-refractivity contribution in [3.8, 4) is 0 Å². The molecule has 0 bridgehead atoms. The first-order valence-electron chi connectivity index (χ1n) is 7.31. The summed E-state index contributed by atoms with van der Waals surface area (Å²) in [6.07, 6.45) is 5.46. The molecule has 1 aromatic carbocycles. The summed E-state index contributed by atoms with van der Waals surface area (Å²) >= 11 is 0. The Morgan fingerprint density at radius 3 is 2.52 bits per heavy atom. The molecule has 4 nitrogen and oxygen atoms in total. The van der Waals surface area contributed by atoms with E-state index < -0.39 is 17.8 Å². The third-order valence-corrected chi connectivity index (χ3v) is 4.07. The lowest BCUT2D eigenvalue weighted by Gasteiger charge is -2.25. The van der Waals surface area contributed by atoms with Gasteiger partial charge in [0, 0.05) is 5.69 Å². The highest BCUT2D eigenvalue weighted by Gasteiger charge is 2.34. The fraction of sp³-hybridized carbons (Fsp3) is 0.412. The maximum atomic E-state index is 12.5. The van der Waals surface area contributed by atoms with E-state index in [1.807, 2.05) is 44.2 Å². The van der Waals surface area contributed by atoms with E-state index in [0.717, 1.165) is 23.2 Å². The Kier molecular flexibility index (Phi) is 4.78. The van der Waals surface area contributed by atoms with Gasteiger partial charge in [-0.1, -0.05) is 37.3 Å². The normalized spacial score (nSPS) is 21.0. The molecule has 0 aromatic heterocycles. The molecule has 1 aliphatic rings. The molecule has 1 amide bonds. The average molecular weight is 287 g/mol. The number of carbonyl (C=O) groups is 2. The number of rotatable bonds is 4. The summed E-state index contributed by atoms with van der Waals surface area (Å²) in [6.45, 7) is 3.98. The van der Waals surface area contributed by atoms with Crippen molar-refractivity contribution in [2.24, 2.45) is 11.8 Å². The number of aliphatic carboxylic acids is 1. The molecular weight excluding hydrogens is 266 g/mol. The molecule has 1 aliphatic carbocycles.